The monoisotopic (exact) mass is 241 g/mol. The maximum atomic E-state index is 13.8. The number of halogens is 1. The van der Waals surface area contributed by atoms with Gasteiger partial charge in [0.05, 0.1) is 12.3 Å². The first-order valence-corrected chi connectivity index (χ1v) is 5.46. The van der Waals surface area contributed by atoms with Crippen LogP contribution in [0.5, 0.6) is 0 Å². The molecule has 5 nitrogen and oxygen atoms in total. The van der Waals surface area contributed by atoms with Crippen LogP contribution in [-0.2, 0) is 16.0 Å². The summed E-state index contributed by atoms with van der Waals surface area (Å²) in [6.45, 7) is 3.79. The third-order valence-electron chi connectivity index (χ3n) is 2.21. The number of carbonyl (C=O) groups excluding carboxylic acids is 1. The van der Waals surface area contributed by atoms with Crippen molar-refractivity contribution in [2.75, 3.05) is 25.1 Å². The Morgan fingerprint density at radius 3 is 2.76 bits per heavy atom. The molecule has 0 aliphatic heterocycles. The van der Waals surface area contributed by atoms with E-state index in [0.29, 0.717) is 18.7 Å². The molecule has 1 rings (SSSR count). The van der Waals surface area contributed by atoms with Crippen LogP contribution in [0.2, 0.25) is 0 Å². The fraction of sp³-hybridized carbons (Fsp3) is 0.545. The van der Waals surface area contributed by atoms with Gasteiger partial charge in [0.25, 0.3) is 0 Å². The van der Waals surface area contributed by atoms with Crippen molar-refractivity contribution >= 4 is 11.8 Å². The van der Waals surface area contributed by atoms with E-state index in [-0.39, 0.29) is 12.4 Å². The minimum Gasteiger partial charge on any atom is -0.465 e. The highest BCUT2D eigenvalue weighted by atomic mass is 19.1. The highest BCUT2D eigenvalue weighted by Crippen LogP contribution is 2.16. The number of anilines is 1. The molecule has 0 spiro atoms. The molecular weight excluding hydrogens is 225 g/mol. The zero-order valence-electron chi connectivity index (χ0n) is 10.2. The van der Waals surface area contributed by atoms with Crippen LogP contribution >= 0.6 is 0 Å². The number of aromatic nitrogens is 2. The fourth-order valence-corrected chi connectivity index (χ4v) is 1.38. The van der Waals surface area contributed by atoms with E-state index in [0.717, 1.165) is 0 Å². The van der Waals surface area contributed by atoms with Crippen LogP contribution in [0.3, 0.4) is 0 Å². The van der Waals surface area contributed by atoms with Gasteiger partial charge in [-0.05, 0) is 13.3 Å². The molecule has 0 aliphatic rings. The van der Waals surface area contributed by atoms with Crippen molar-refractivity contribution in [3.05, 3.63) is 17.8 Å². The van der Waals surface area contributed by atoms with E-state index in [2.05, 4.69) is 9.97 Å². The Morgan fingerprint density at radius 2 is 2.18 bits per heavy atom. The van der Waals surface area contributed by atoms with Gasteiger partial charge in [0.1, 0.15) is 12.9 Å². The highest BCUT2D eigenvalue weighted by molar-refractivity contribution is 5.75. The largest absolute Gasteiger partial charge is 0.465 e. The second-order valence-corrected chi connectivity index (χ2v) is 3.47. The molecule has 1 heterocycles. The molecule has 0 atom stereocenters. The summed E-state index contributed by atoms with van der Waals surface area (Å²) in [5.41, 5.74) is 0.339. The number of rotatable bonds is 5. The lowest BCUT2D eigenvalue weighted by Crippen LogP contribution is -2.29. The molecule has 17 heavy (non-hydrogen) atoms. The quantitative estimate of drug-likeness (QED) is 0.724. The molecule has 1 aromatic heterocycles. The van der Waals surface area contributed by atoms with Gasteiger partial charge in [0, 0.05) is 7.05 Å². The maximum absolute atomic E-state index is 13.8. The number of carbonyl (C=O) groups is 1. The van der Waals surface area contributed by atoms with Gasteiger partial charge in [-0.25, -0.2) is 14.4 Å². The van der Waals surface area contributed by atoms with Crippen molar-refractivity contribution in [3.8, 4) is 0 Å². The molecule has 0 aromatic carbocycles. The maximum Gasteiger partial charge on any atom is 0.325 e. The van der Waals surface area contributed by atoms with Gasteiger partial charge in [0.2, 0.25) is 0 Å². The number of hydrogen-bond donors (Lipinski definition) is 0. The third-order valence-corrected chi connectivity index (χ3v) is 2.21. The Kier molecular flexibility index (Phi) is 4.81. The van der Waals surface area contributed by atoms with Crippen LogP contribution in [0, 0.1) is 5.82 Å². The lowest BCUT2D eigenvalue weighted by atomic mass is 10.3. The normalized spacial score (nSPS) is 10.1. The first-order chi connectivity index (χ1) is 8.10. The zero-order chi connectivity index (χ0) is 12.8. The van der Waals surface area contributed by atoms with Crippen molar-refractivity contribution in [2.45, 2.75) is 20.3 Å². The van der Waals surface area contributed by atoms with Crippen molar-refractivity contribution in [1.29, 1.82) is 0 Å². The molecule has 0 saturated carbocycles. The van der Waals surface area contributed by atoms with Gasteiger partial charge in [-0.3, -0.25) is 4.79 Å². The predicted molar refractivity (Wildman–Crippen MR) is 61.3 cm³/mol. The summed E-state index contributed by atoms with van der Waals surface area (Å²) in [7, 11) is 1.59. The summed E-state index contributed by atoms with van der Waals surface area (Å²) in [5.74, 6) is -0.780. The van der Waals surface area contributed by atoms with E-state index in [4.69, 9.17) is 4.74 Å². The summed E-state index contributed by atoms with van der Waals surface area (Å²) in [4.78, 5) is 20.3. The standard InChI is InChI=1S/C11H16FN3O2/c1-4-8-10(12)11(14-7-13-8)15(3)6-9(16)17-5-2/h7H,4-6H2,1-3H3. The second-order valence-electron chi connectivity index (χ2n) is 3.47. The molecule has 0 unspecified atom stereocenters. The summed E-state index contributed by atoms with van der Waals surface area (Å²) >= 11 is 0. The average molecular weight is 241 g/mol. The van der Waals surface area contributed by atoms with E-state index in [1.54, 1.807) is 20.9 Å². The van der Waals surface area contributed by atoms with Crippen molar-refractivity contribution < 1.29 is 13.9 Å². The van der Waals surface area contributed by atoms with Crippen LogP contribution < -0.4 is 4.90 Å². The van der Waals surface area contributed by atoms with Gasteiger partial charge >= 0.3 is 5.97 Å². The van der Waals surface area contributed by atoms with Gasteiger partial charge in [0.15, 0.2) is 11.6 Å². The number of nitrogens with zero attached hydrogens (tertiary/aromatic N) is 3. The van der Waals surface area contributed by atoms with E-state index in [1.165, 1.54) is 11.2 Å². The van der Waals surface area contributed by atoms with Crippen LogP contribution in [0.15, 0.2) is 6.33 Å². The van der Waals surface area contributed by atoms with Crippen molar-refractivity contribution in [2.24, 2.45) is 0 Å². The minimum absolute atomic E-state index is 0.0368. The molecule has 0 bridgehead atoms. The highest BCUT2D eigenvalue weighted by Gasteiger charge is 2.16. The number of hydrogen-bond acceptors (Lipinski definition) is 5. The topological polar surface area (TPSA) is 55.3 Å². The number of aryl methyl sites for hydroxylation is 1. The lowest BCUT2D eigenvalue weighted by molar-refractivity contribution is -0.141. The van der Waals surface area contributed by atoms with E-state index in [9.17, 15) is 9.18 Å². The van der Waals surface area contributed by atoms with Crippen molar-refractivity contribution in [1.82, 2.24) is 9.97 Å². The number of likely N-dealkylation sites (N-methyl/N-ethyl adjacent to an activating group) is 1. The molecule has 6 heteroatoms. The van der Waals surface area contributed by atoms with Gasteiger partial charge in [-0.1, -0.05) is 6.92 Å². The Bertz CT molecular complexity index is 398. The zero-order valence-corrected chi connectivity index (χ0v) is 10.2. The fourth-order valence-electron chi connectivity index (χ4n) is 1.38. The molecule has 0 saturated heterocycles. The Balaban J connectivity index is 2.81. The third kappa shape index (κ3) is 3.37. The van der Waals surface area contributed by atoms with E-state index in [1.807, 2.05) is 0 Å². The van der Waals surface area contributed by atoms with E-state index < -0.39 is 11.8 Å². The second kappa shape index (κ2) is 6.12. The van der Waals surface area contributed by atoms with Gasteiger partial charge < -0.3 is 9.64 Å². The summed E-state index contributed by atoms with van der Waals surface area (Å²) in [6.07, 6.45) is 1.77. The van der Waals surface area contributed by atoms with Crippen LogP contribution in [0.4, 0.5) is 10.2 Å². The first kappa shape index (κ1) is 13.3. The molecule has 0 fully saturated rings. The summed E-state index contributed by atoms with van der Waals surface area (Å²) in [5, 5.41) is 0. The number of esters is 1. The Hall–Kier alpha value is -1.72. The van der Waals surface area contributed by atoms with Gasteiger partial charge in [-0.2, -0.15) is 0 Å². The summed E-state index contributed by atoms with van der Waals surface area (Å²) < 4.78 is 18.6. The van der Waals surface area contributed by atoms with Crippen LogP contribution in [-0.4, -0.2) is 36.1 Å². The van der Waals surface area contributed by atoms with Gasteiger partial charge in [-0.15, -0.1) is 0 Å². The Labute approximate surface area is 99.6 Å². The Morgan fingerprint density at radius 1 is 1.47 bits per heavy atom. The molecule has 0 amide bonds. The minimum atomic E-state index is -0.484. The van der Waals surface area contributed by atoms with Crippen molar-refractivity contribution in [3.63, 3.8) is 0 Å². The first-order valence-electron chi connectivity index (χ1n) is 5.46. The molecular formula is C11H16FN3O2. The molecule has 0 N–H and O–H groups in total. The molecule has 0 radical (unpaired) electrons. The predicted octanol–water partition coefficient (Wildman–Crippen LogP) is 1.18. The molecule has 94 valence electrons. The average Bonchev–Trinajstić information content (AvgIpc) is 2.29. The summed E-state index contributed by atoms with van der Waals surface area (Å²) in [6, 6.07) is 0. The molecule has 1 aromatic rings. The molecule has 0 aliphatic carbocycles. The lowest BCUT2D eigenvalue weighted by Gasteiger charge is -2.17. The smallest absolute Gasteiger partial charge is 0.325 e. The van der Waals surface area contributed by atoms with E-state index >= 15 is 0 Å². The van der Waals surface area contributed by atoms with Crippen LogP contribution in [0.25, 0.3) is 0 Å². The van der Waals surface area contributed by atoms with Crippen LogP contribution in [0.1, 0.15) is 19.5 Å². The number of ether oxygens (including phenoxy) is 1. The SMILES string of the molecule is CCOC(=O)CN(C)c1ncnc(CC)c1F.